The number of hydrogen-bond acceptors (Lipinski definition) is 5. The first kappa shape index (κ1) is 22.5. The summed E-state index contributed by atoms with van der Waals surface area (Å²) in [5.74, 6) is 0. The van der Waals surface area contributed by atoms with Gasteiger partial charge in [0.25, 0.3) is 10.1 Å². The molecule has 0 spiro atoms. The van der Waals surface area contributed by atoms with Crippen molar-refractivity contribution in [3.05, 3.63) is 65.7 Å². The zero-order valence-corrected chi connectivity index (χ0v) is 17.6. The molecular weight excluding hydrogens is 400 g/mol. The maximum Gasteiger partial charge on any atom is 0.294 e. The zero-order chi connectivity index (χ0) is 20.8. The number of aryl methyl sites for hydroxylation is 1. The molecular formula is C19H26N2O5S2. The van der Waals surface area contributed by atoms with Crippen molar-refractivity contribution in [1.82, 2.24) is 10.0 Å². The average Bonchev–Trinajstić information content (AvgIpc) is 2.62. The van der Waals surface area contributed by atoms with E-state index in [1.807, 2.05) is 37.3 Å². The van der Waals surface area contributed by atoms with E-state index >= 15 is 0 Å². The summed E-state index contributed by atoms with van der Waals surface area (Å²) < 4.78 is 55.5. The molecule has 7 nitrogen and oxygen atoms in total. The molecule has 0 aliphatic carbocycles. The van der Waals surface area contributed by atoms with Crippen molar-refractivity contribution < 1.29 is 21.4 Å². The summed E-state index contributed by atoms with van der Waals surface area (Å²) in [6.45, 7) is 3.50. The Morgan fingerprint density at radius 3 is 1.93 bits per heavy atom. The number of benzene rings is 2. The molecule has 0 amide bonds. The second-order valence-corrected chi connectivity index (χ2v) is 10.0. The number of piperidine rings is 1. The molecule has 0 aromatic heterocycles. The SMILES string of the molecule is CS(=O)(=O)NC1(c2ccccc2)CCNCC1.Cc1ccc(S(=O)(=O)O)cc1. The molecule has 0 atom stereocenters. The van der Waals surface area contributed by atoms with Crippen LogP contribution in [0.25, 0.3) is 0 Å². The van der Waals surface area contributed by atoms with Crippen molar-refractivity contribution in [2.75, 3.05) is 19.3 Å². The molecule has 3 rings (SSSR count). The molecule has 9 heteroatoms. The van der Waals surface area contributed by atoms with Gasteiger partial charge in [0, 0.05) is 0 Å². The third-order valence-electron chi connectivity index (χ3n) is 4.48. The Bertz CT molecular complexity index is 967. The first-order valence-electron chi connectivity index (χ1n) is 8.81. The Labute approximate surface area is 167 Å². The summed E-state index contributed by atoms with van der Waals surface area (Å²) >= 11 is 0. The van der Waals surface area contributed by atoms with E-state index in [1.165, 1.54) is 18.4 Å². The largest absolute Gasteiger partial charge is 0.317 e. The van der Waals surface area contributed by atoms with Crippen molar-refractivity contribution in [1.29, 1.82) is 0 Å². The van der Waals surface area contributed by atoms with Gasteiger partial charge in [0.2, 0.25) is 10.0 Å². The lowest BCUT2D eigenvalue weighted by molar-refractivity contribution is 0.288. The Kier molecular flexibility index (Phi) is 7.35. The second kappa shape index (κ2) is 9.15. The molecule has 3 N–H and O–H groups in total. The summed E-state index contributed by atoms with van der Waals surface area (Å²) in [6, 6.07) is 15.8. The first-order chi connectivity index (χ1) is 13.0. The van der Waals surface area contributed by atoms with Crippen molar-refractivity contribution >= 4 is 20.1 Å². The Morgan fingerprint density at radius 2 is 1.46 bits per heavy atom. The molecule has 0 bridgehead atoms. The van der Waals surface area contributed by atoms with E-state index in [-0.39, 0.29) is 4.90 Å². The van der Waals surface area contributed by atoms with Crippen LogP contribution >= 0.6 is 0 Å². The lowest BCUT2D eigenvalue weighted by Gasteiger charge is -2.38. The lowest BCUT2D eigenvalue weighted by Crippen LogP contribution is -2.51. The highest BCUT2D eigenvalue weighted by atomic mass is 32.2. The van der Waals surface area contributed by atoms with E-state index < -0.39 is 25.7 Å². The van der Waals surface area contributed by atoms with E-state index in [2.05, 4.69) is 10.0 Å². The molecule has 154 valence electrons. The summed E-state index contributed by atoms with van der Waals surface area (Å²) in [7, 11) is -7.23. The molecule has 0 saturated carbocycles. The summed E-state index contributed by atoms with van der Waals surface area (Å²) in [6.07, 6.45) is 2.79. The van der Waals surface area contributed by atoms with Gasteiger partial charge in [-0.1, -0.05) is 48.0 Å². The molecule has 28 heavy (non-hydrogen) atoms. The van der Waals surface area contributed by atoms with Crippen LogP contribution in [0.15, 0.2) is 59.5 Å². The number of nitrogens with one attached hydrogen (secondary N) is 2. The van der Waals surface area contributed by atoms with Gasteiger partial charge in [-0.3, -0.25) is 4.55 Å². The standard InChI is InChI=1S/C12H18N2O2S.C7H8O3S/c1-17(15,16)14-12(7-9-13-10-8-12)11-5-3-2-4-6-11;1-6-2-4-7(5-3-6)11(8,9)10/h2-6,13-14H,7-10H2,1H3;2-5H,1H3,(H,8,9,10). The van der Waals surface area contributed by atoms with Gasteiger partial charge < -0.3 is 5.32 Å². The van der Waals surface area contributed by atoms with Crippen LogP contribution in [0.3, 0.4) is 0 Å². The molecule has 1 aliphatic heterocycles. The van der Waals surface area contributed by atoms with E-state index in [1.54, 1.807) is 12.1 Å². The van der Waals surface area contributed by atoms with Crippen LogP contribution in [-0.4, -0.2) is 40.7 Å². The third-order valence-corrected chi connectivity index (χ3v) is 6.11. The van der Waals surface area contributed by atoms with E-state index in [0.717, 1.165) is 37.1 Å². The van der Waals surface area contributed by atoms with Crippen LogP contribution < -0.4 is 10.0 Å². The Hall–Kier alpha value is -1.78. The average molecular weight is 427 g/mol. The minimum atomic E-state index is -4.02. The number of hydrogen-bond donors (Lipinski definition) is 3. The lowest BCUT2D eigenvalue weighted by atomic mass is 9.82. The normalized spacial score (nSPS) is 16.7. The highest BCUT2D eigenvalue weighted by Crippen LogP contribution is 2.31. The molecule has 1 saturated heterocycles. The van der Waals surface area contributed by atoms with E-state index in [9.17, 15) is 16.8 Å². The van der Waals surface area contributed by atoms with Gasteiger partial charge in [0.15, 0.2) is 0 Å². The van der Waals surface area contributed by atoms with Gasteiger partial charge in [-0.2, -0.15) is 8.42 Å². The predicted molar refractivity (Wildman–Crippen MR) is 109 cm³/mol. The minimum absolute atomic E-state index is 0.0666. The fourth-order valence-electron chi connectivity index (χ4n) is 3.13. The quantitative estimate of drug-likeness (QED) is 0.645. The van der Waals surface area contributed by atoms with Gasteiger partial charge in [-0.25, -0.2) is 13.1 Å². The molecule has 2 aromatic rings. The van der Waals surface area contributed by atoms with Crippen LogP contribution in [-0.2, 0) is 25.7 Å². The van der Waals surface area contributed by atoms with E-state index in [0.29, 0.717) is 0 Å². The first-order valence-corrected chi connectivity index (χ1v) is 12.1. The minimum Gasteiger partial charge on any atom is -0.317 e. The van der Waals surface area contributed by atoms with Crippen LogP contribution in [0.5, 0.6) is 0 Å². The second-order valence-electron chi connectivity index (χ2n) is 6.86. The maximum absolute atomic E-state index is 11.5. The Morgan fingerprint density at radius 1 is 0.929 bits per heavy atom. The van der Waals surface area contributed by atoms with Crippen molar-refractivity contribution in [3.8, 4) is 0 Å². The topological polar surface area (TPSA) is 113 Å². The number of sulfonamides is 1. The van der Waals surface area contributed by atoms with Crippen molar-refractivity contribution in [2.45, 2.75) is 30.2 Å². The highest BCUT2D eigenvalue weighted by molar-refractivity contribution is 7.88. The molecule has 1 fully saturated rings. The molecule has 2 aromatic carbocycles. The predicted octanol–water partition coefficient (Wildman–Crippen LogP) is 2.06. The van der Waals surface area contributed by atoms with Gasteiger partial charge in [0.1, 0.15) is 0 Å². The maximum atomic E-state index is 11.5. The van der Waals surface area contributed by atoms with Gasteiger partial charge >= 0.3 is 0 Å². The monoisotopic (exact) mass is 426 g/mol. The third kappa shape index (κ3) is 6.68. The molecule has 0 radical (unpaired) electrons. The molecule has 0 unspecified atom stereocenters. The van der Waals surface area contributed by atoms with Crippen molar-refractivity contribution in [3.63, 3.8) is 0 Å². The van der Waals surface area contributed by atoms with E-state index in [4.69, 9.17) is 4.55 Å². The molecule has 1 aliphatic rings. The smallest absolute Gasteiger partial charge is 0.294 e. The summed E-state index contributed by atoms with van der Waals surface area (Å²) in [5.41, 5.74) is 1.56. The van der Waals surface area contributed by atoms with Gasteiger partial charge in [-0.15, -0.1) is 0 Å². The summed E-state index contributed by atoms with van der Waals surface area (Å²) in [5, 5.41) is 3.26. The molecule has 1 heterocycles. The fourth-order valence-corrected chi connectivity index (χ4v) is 4.64. The summed E-state index contributed by atoms with van der Waals surface area (Å²) in [4.78, 5) is -0.0666. The zero-order valence-electron chi connectivity index (χ0n) is 15.9. The van der Waals surface area contributed by atoms with Crippen LogP contribution in [0.2, 0.25) is 0 Å². The van der Waals surface area contributed by atoms with Gasteiger partial charge in [0.05, 0.1) is 16.7 Å². The van der Waals surface area contributed by atoms with Crippen molar-refractivity contribution in [2.24, 2.45) is 0 Å². The van der Waals surface area contributed by atoms with Crippen LogP contribution in [0.4, 0.5) is 0 Å². The Balaban J connectivity index is 0.000000221. The highest BCUT2D eigenvalue weighted by Gasteiger charge is 2.36. The van der Waals surface area contributed by atoms with Crippen LogP contribution in [0.1, 0.15) is 24.0 Å². The number of rotatable bonds is 4. The van der Waals surface area contributed by atoms with Gasteiger partial charge in [-0.05, 0) is 50.6 Å². The fraction of sp³-hybridized carbons (Fsp3) is 0.368. The van der Waals surface area contributed by atoms with Crippen LogP contribution in [0, 0.1) is 6.92 Å².